The Bertz CT molecular complexity index is 1150. The Hall–Kier alpha value is -2.95. The van der Waals surface area contributed by atoms with Gasteiger partial charge in [-0.1, -0.05) is 0 Å². The van der Waals surface area contributed by atoms with E-state index in [2.05, 4.69) is 52.9 Å². The Morgan fingerprint density at radius 2 is 1.86 bits per heavy atom. The van der Waals surface area contributed by atoms with Crippen LogP contribution < -0.4 is 5.32 Å². The van der Waals surface area contributed by atoms with Gasteiger partial charge in [0.2, 0.25) is 5.82 Å². The molecule has 0 aromatic carbocycles. The maximum absolute atomic E-state index is 4.77. The van der Waals surface area contributed by atoms with Crippen molar-refractivity contribution in [3.63, 3.8) is 0 Å². The molecule has 0 aliphatic carbocycles. The highest BCUT2D eigenvalue weighted by Crippen LogP contribution is 2.34. The molecular weight excluding hydrogens is 392 g/mol. The molecule has 0 fully saturated rings. The van der Waals surface area contributed by atoms with Crippen LogP contribution in [0.2, 0.25) is 0 Å². The quantitative estimate of drug-likeness (QED) is 0.499. The smallest absolute Gasteiger partial charge is 0.205 e. The molecule has 8 heteroatoms. The lowest BCUT2D eigenvalue weighted by Crippen LogP contribution is -2.27. The summed E-state index contributed by atoms with van der Waals surface area (Å²) in [6.07, 6.45) is 8.81. The third-order valence-electron chi connectivity index (χ3n) is 3.63. The number of anilines is 1. The fourth-order valence-electron chi connectivity index (χ4n) is 2.57. The van der Waals surface area contributed by atoms with Gasteiger partial charge in [0.05, 0.1) is 16.0 Å². The topological polar surface area (TPSA) is 68.0 Å². The SMILES string of the molecule is CC(C)(C)Nc1c(-c2ccc(C#Cc3ncccn3)s2)nc2cnccn12.Cl. The number of rotatable bonds is 2. The summed E-state index contributed by atoms with van der Waals surface area (Å²) in [4.78, 5) is 19.2. The van der Waals surface area contributed by atoms with Crippen LogP contribution >= 0.6 is 23.7 Å². The zero-order chi connectivity index (χ0) is 18.9. The van der Waals surface area contributed by atoms with Crippen LogP contribution in [0.15, 0.2) is 49.2 Å². The summed E-state index contributed by atoms with van der Waals surface area (Å²) in [5.41, 5.74) is 1.60. The molecule has 4 heterocycles. The lowest BCUT2D eigenvalue weighted by Gasteiger charge is -2.22. The number of nitrogens with one attached hydrogen (secondary N) is 1. The molecule has 1 N–H and O–H groups in total. The molecule has 142 valence electrons. The Balaban J connectivity index is 0.00000225. The van der Waals surface area contributed by atoms with Gasteiger partial charge < -0.3 is 5.32 Å². The molecule has 6 nitrogen and oxygen atoms in total. The van der Waals surface area contributed by atoms with Crippen LogP contribution in [0.25, 0.3) is 16.2 Å². The first kappa shape index (κ1) is 19.8. The number of hydrogen-bond donors (Lipinski definition) is 1. The van der Waals surface area contributed by atoms with Crippen molar-refractivity contribution in [1.29, 1.82) is 0 Å². The van der Waals surface area contributed by atoms with Crippen molar-refractivity contribution in [2.45, 2.75) is 26.3 Å². The number of nitrogens with zero attached hydrogens (tertiary/aromatic N) is 5. The molecule has 0 unspecified atom stereocenters. The molecule has 0 bridgehead atoms. The normalized spacial score (nSPS) is 10.8. The zero-order valence-corrected chi connectivity index (χ0v) is 17.3. The highest BCUT2D eigenvalue weighted by atomic mass is 35.5. The van der Waals surface area contributed by atoms with Crippen molar-refractivity contribution in [2.75, 3.05) is 5.32 Å². The van der Waals surface area contributed by atoms with E-state index in [0.717, 1.165) is 26.9 Å². The predicted octanol–water partition coefficient (Wildman–Crippen LogP) is 4.28. The van der Waals surface area contributed by atoms with Crippen LogP contribution in [0.4, 0.5) is 5.82 Å². The minimum absolute atomic E-state index is 0. The number of fused-ring (bicyclic) bond motifs is 1. The van der Waals surface area contributed by atoms with Crippen LogP contribution in [-0.4, -0.2) is 29.9 Å². The van der Waals surface area contributed by atoms with Gasteiger partial charge in [0.15, 0.2) is 5.65 Å². The summed E-state index contributed by atoms with van der Waals surface area (Å²) in [5, 5.41) is 3.56. The maximum Gasteiger partial charge on any atom is 0.205 e. The van der Waals surface area contributed by atoms with E-state index in [1.54, 1.807) is 42.2 Å². The van der Waals surface area contributed by atoms with Crippen molar-refractivity contribution in [1.82, 2.24) is 24.3 Å². The maximum atomic E-state index is 4.77. The largest absolute Gasteiger partial charge is 0.365 e. The molecule has 0 radical (unpaired) electrons. The van der Waals surface area contributed by atoms with Gasteiger partial charge >= 0.3 is 0 Å². The fraction of sp³-hybridized carbons (Fsp3) is 0.200. The summed E-state index contributed by atoms with van der Waals surface area (Å²) in [6, 6.07) is 5.82. The molecule has 0 amide bonds. The second-order valence-corrected chi connectivity index (χ2v) is 8.06. The van der Waals surface area contributed by atoms with Crippen molar-refractivity contribution in [3.05, 3.63) is 59.9 Å². The summed E-state index contributed by atoms with van der Waals surface area (Å²) in [7, 11) is 0. The van der Waals surface area contributed by atoms with Gasteiger partial charge in [0.25, 0.3) is 0 Å². The van der Waals surface area contributed by atoms with Gasteiger partial charge in [-0.05, 0) is 50.8 Å². The van der Waals surface area contributed by atoms with E-state index < -0.39 is 0 Å². The second-order valence-electron chi connectivity index (χ2n) is 6.97. The molecule has 0 saturated heterocycles. The average Bonchev–Trinajstić information content (AvgIpc) is 3.25. The van der Waals surface area contributed by atoms with Crippen molar-refractivity contribution in [3.8, 4) is 22.4 Å². The summed E-state index contributed by atoms with van der Waals surface area (Å²) >= 11 is 1.60. The van der Waals surface area contributed by atoms with Crippen LogP contribution in [0, 0.1) is 11.8 Å². The monoisotopic (exact) mass is 410 g/mol. The van der Waals surface area contributed by atoms with Gasteiger partial charge in [-0.2, -0.15) is 0 Å². The molecule has 0 aliphatic heterocycles. The molecule has 4 aromatic heterocycles. The predicted molar refractivity (Wildman–Crippen MR) is 115 cm³/mol. The van der Waals surface area contributed by atoms with E-state index in [1.165, 1.54) is 0 Å². The van der Waals surface area contributed by atoms with E-state index in [0.29, 0.717) is 5.82 Å². The van der Waals surface area contributed by atoms with Gasteiger partial charge in [0.1, 0.15) is 11.5 Å². The molecule has 0 aliphatic rings. The zero-order valence-electron chi connectivity index (χ0n) is 15.7. The molecule has 0 saturated carbocycles. The number of aromatic nitrogens is 5. The third-order valence-corrected chi connectivity index (χ3v) is 4.63. The Morgan fingerprint density at radius 3 is 2.61 bits per heavy atom. The minimum Gasteiger partial charge on any atom is -0.365 e. The van der Waals surface area contributed by atoms with Gasteiger partial charge in [-0.25, -0.2) is 15.0 Å². The van der Waals surface area contributed by atoms with E-state index in [-0.39, 0.29) is 17.9 Å². The molecular formula is C20H19ClN6S. The number of hydrogen-bond acceptors (Lipinski definition) is 6. The minimum atomic E-state index is -0.0987. The Morgan fingerprint density at radius 1 is 1.07 bits per heavy atom. The van der Waals surface area contributed by atoms with Gasteiger partial charge in [0, 0.05) is 30.3 Å². The number of halogens is 1. The van der Waals surface area contributed by atoms with Crippen LogP contribution in [0.3, 0.4) is 0 Å². The summed E-state index contributed by atoms with van der Waals surface area (Å²) < 4.78 is 2.02. The van der Waals surface area contributed by atoms with Crippen molar-refractivity contribution >= 4 is 35.2 Å². The molecule has 4 aromatic rings. The standard InChI is InChI=1S/C20H18N6S.ClH/c1-20(2,3)25-19-18(24-17-13-21-11-12-26(17)19)15-7-5-14(27-15)6-8-16-22-9-4-10-23-16;/h4-5,7,9-13,25H,1-3H3;1H. The lowest BCUT2D eigenvalue weighted by molar-refractivity contribution is 0.629. The highest BCUT2D eigenvalue weighted by Gasteiger charge is 2.20. The van der Waals surface area contributed by atoms with Crippen LogP contribution in [0.1, 0.15) is 31.5 Å². The van der Waals surface area contributed by atoms with Crippen molar-refractivity contribution < 1.29 is 0 Å². The Kier molecular flexibility index (Phi) is 5.63. The fourth-order valence-corrected chi connectivity index (χ4v) is 3.42. The van der Waals surface area contributed by atoms with Gasteiger partial charge in [-0.15, -0.1) is 23.7 Å². The molecule has 0 atom stereocenters. The molecule has 4 rings (SSSR count). The summed E-state index contributed by atoms with van der Waals surface area (Å²) in [6.45, 7) is 6.38. The third kappa shape index (κ3) is 4.30. The second kappa shape index (κ2) is 7.97. The molecule has 0 spiro atoms. The first-order valence-corrected chi connectivity index (χ1v) is 9.31. The van der Waals surface area contributed by atoms with E-state index >= 15 is 0 Å². The Labute approximate surface area is 173 Å². The molecule has 28 heavy (non-hydrogen) atoms. The first-order chi connectivity index (χ1) is 13.0. The lowest BCUT2D eigenvalue weighted by atomic mass is 10.1. The van der Waals surface area contributed by atoms with Crippen LogP contribution in [0.5, 0.6) is 0 Å². The highest BCUT2D eigenvalue weighted by molar-refractivity contribution is 7.16. The van der Waals surface area contributed by atoms with Crippen LogP contribution in [-0.2, 0) is 0 Å². The number of imidazole rings is 1. The first-order valence-electron chi connectivity index (χ1n) is 8.49. The average molecular weight is 411 g/mol. The number of thiophene rings is 1. The van der Waals surface area contributed by atoms with Crippen molar-refractivity contribution in [2.24, 2.45) is 0 Å². The van der Waals surface area contributed by atoms with E-state index in [4.69, 9.17) is 4.98 Å². The van der Waals surface area contributed by atoms with E-state index in [1.807, 2.05) is 22.7 Å². The van der Waals surface area contributed by atoms with Gasteiger partial charge in [-0.3, -0.25) is 9.38 Å². The summed E-state index contributed by atoms with van der Waals surface area (Å²) in [5.74, 6) is 7.59. The van der Waals surface area contributed by atoms with E-state index in [9.17, 15) is 0 Å².